The first kappa shape index (κ1) is 28.3. The topological polar surface area (TPSA) is 107 Å². The number of amides is 2. The zero-order valence-corrected chi connectivity index (χ0v) is 22.2. The minimum absolute atomic E-state index is 0.210. The van der Waals surface area contributed by atoms with Crippen LogP contribution in [0.3, 0.4) is 0 Å². The Morgan fingerprint density at radius 2 is 1.39 bits per heavy atom. The number of nitrogens with zero attached hydrogens (tertiary/aromatic N) is 1. The molecular weight excluding hydrogens is 510 g/mol. The van der Waals surface area contributed by atoms with Gasteiger partial charge in [0.05, 0.1) is 26.0 Å². The first-order valence-corrected chi connectivity index (χ1v) is 12.5. The van der Waals surface area contributed by atoms with E-state index >= 15 is 0 Å². The molecule has 0 aromatic heterocycles. The lowest BCUT2D eigenvalue weighted by molar-refractivity contribution is -0.118. The third-order valence-corrected chi connectivity index (χ3v) is 5.19. The highest BCUT2D eigenvalue weighted by molar-refractivity contribution is 6.30. The SMILES string of the molecule is CCOc1ccc(C(=O)N/N=C/c2ccc(OCC(=O)Nc3ccc(Cl)cc3)c(OCC)c2)cc1OCC. The molecule has 3 aromatic rings. The van der Waals surface area contributed by atoms with Crippen LogP contribution in [0.2, 0.25) is 5.02 Å². The number of anilines is 1. The fourth-order valence-corrected chi connectivity index (χ4v) is 3.41. The smallest absolute Gasteiger partial charge is 0.271 e. The average Bonchev–Trinajstić information content (AvgIpc) is 2.91. The molecule has 0 radical (unpaired) electrons. The molecule has 0 aliphatic carbocycles. The maximum Gasteiger partial charge on any atom is 0.271 e. The van der Waals surface area contributed by atoms with E-state index in [-0.39, 0.29) is 12.5 Å². The van der Waals surface area contributed by atoms with Gasteiger partial charge in [-0.1, -0.05) is 11.6 Å². The zero-order valence-electron chi connectivity index (χ0n) is 21.5. The Morgan fingerprint density at radius 1 is 0.789 bits per heavy atom. The summed E-state index contributed by atoms with van der Waals surface area (Å²) >= 11 is 5.87. The molecule has 0 spiro atoms. The van der Waals surface area contributed by atoms with Gasteiger partial charge in [0.1, 0.15) is 0 Å². The summed E-state index contributed by atoms with van der Waals surface area (Å²) in [5, 5.41) is 7.36. The Hall–Kier alpha value is -4.24. The molecule has 0 saturated carbocycles. The first-order valence-electron chi connectivity index (χ1n) is 12.1. The van der Waals surface area contributed by atoms with Crippen LogP contribution in [0.5, 0.6) is 23.0 Å². The summed E-state index contributed by atoms with van der Waals surface area (Å²) in [6, 6.07) is 16.8. The molecule has 2 N–H and O–H groups in total. The number of rotatable bonds is 13. The van der Waals surface area contributed by atoms with Gasteiger partial charge in [0, 0.05) is 16.3 Å². The van der Waals surface area contributed by atoms with Gasteiger partial charge < -0.3 is 24.3 Å². The highest BCUT2D eigenvalue weighted by Gasteiger charge is 2.12. The summed E-state index contributed by atoms with van der Waals surface area (Å²) in [5.41, 5.74) is 4.15. The van der Waals surface area contributed by atoms with E-state index in [1.54, 1.807) is 60.7 Å². The second kappa shape index (κ2) is 14.5. The summed E-state index contributed by atoms with van der Waals surface area (Å²) in [5.74, 6) is 1.17. The van der Waals surface area contributed by atoms with Crippen LogP contribution in [0.25, 0.3) is 0 Å². The van der Waals surface area contributed by atoms with Gasteiger partial charge in [0.15, 0.2) is 29.6 Å². The van der Waals surface area contributed by atoms with Crippen LogP contribution in [0.15, 0.2) is 65.8 Å². The van der Waals surface area contributed by atoms with Crippen molar-refractivity contribution in [2.24, 2.45) is 5.10 Å². The van der Waals surface area contributed by atoms with Gasteiger partial charge in [0.25, 0.3) is 11.8 Å². The van der Waals surface area contributed by atoms with Crippen LogP contribution < -0.4 is 29.7 Å². The van der Waals surface area contributed by atoms with Crippen LogP contribution in [0.4, 0.5) is 5.69 Å². The number of carbonyl (C=O) groups is 2. The lowest BCUT2D eigenvalue weighted by atomic mass is 10.2. The number of nitrogens with one attached hydrogen (secondary N) is 2. The maximum absolute atomic E-state index is 12.6. The molecular formula is C28H30ClN3O6. The highest BCUT2D eigenvalue weighted by atomic mass is 35.5. The van der Waals surface area contributed by atoms with Crippen LogP contribution >= 0.6 is 11.6 Å². The van der Waals surface area contributed by atoms with Gasteiger partial charge in [-0.25, -0.2) is 5.43 Å². The summed E-state index contributed by atoms with van der Waals surface area (Å²) in [4.78, 5) is 24.8. The van der Waals surface area contributed by atoms with Crippen LogP contribution in [-0.4, -0.2) is 44.5 Å². The second-order valence-electron chi connectivity index (χ2n) is 7.71. The van der Waals surface area contributed by atoms with Gasteiger partial charge in [-0.2, -0.15) is 5.10 Å². The van der Waals surface area contributed by atoms with Gasteiger partial charge in [-0.3, -0.25) is 9.59 Å². The normalized spacial score (nSPS) is 10.6. The number of benzene rings is 3. The molecule has 200 valence electrons. The van der Waals surface area contributed by atoms with E-state index in [1.165, 1.54) is 6.21 Å². The molecule has 38 heavy (non-hydrogen) atoms. The largest absolute Gasteiger partial charge is 0.490 e. The third-order valence-electron chi connectivity index (χ3n) is 4.94. The van der Waals surface area contributed by atoms with Gasteiger partial charge in [0.2, 0.25) is 0 Å². The predicted octanol–water partition coefficient (Wildman–Crippen LogP) is 5.32. The van der Waals surface area contributed by atoms with Crippen molar-refractivity contribution in [2.75, 3.05) is 31.7 Å². The van der Waals surface area contributed by atoms with Crippen molar-refractivity contribution in [3.8, 4) is 23.0 Å². The molecule has 0 bridgehead atoms. The highest BCUT2D eigenvalue weighted by Crippen LogP contribution is 2.29. The summed E-state index contributed by atoms with van der Waals surface area (Å²) in [6.45, 7) is 6.68. The van der Waals surface area contributed by atoms with Crippen molar-refractivity contribution in [3.63, 3.8) is 0 Å². The molecule has 0 aliphatic rings. The Balaban J connectivity index is 1.61. The number of hydrazone groups is 1. The Morgan fingerprint density at radius 3 is 2.08 bits per heavy atom. The zero-order chi connectivity index (χ0) is 27.3. The van der Waals surface area contributed by atoms with E-state index in [4.69, 9.17) is 30.5 Å². The molecule has 2 amide bonds. The van der Waals surface area contributed by atoms with Crippen molar-refractivity contribution in [1.29, 1.82) is 0 Å². The van der Waals surface area contributed by atoms with Gasteiger partial charge in [-0.05, 0) is 87.0 Å². The molecule has 0 aliphatic heterocycles. The molecule has 3 rings (SSSR count). The van der Waals surface area contributed by atoms with Gasteiger partial charge in [-0.15, -0.1) is 0 Å². The number of hydrogen-bond donors (Lipinski definition) is 2. The first-order chi connectivity index (χ1) is 18.4. The number of halogens is 1. The Kier molecular flexibility index (Phi) is 10.8. The van der Waals surface area contributed by atoms with Gasteiger partial charge >= 0.3 is 0 Å². The van der Waals surface area contributed by atoms with E-state index in [1.807, 2.05) is 20.8 Å². The molecule has 10 heteroatoms. The van der Waals surface area contributed by atoms with E-state index in [0.29, 0.717) is 64.7 Å². The fourth-order valence-electron chi connectivity index (χ4n) is 3.29. The molecule has 0 saturated heterocycles. The summed E-state index contributed by atoms with van der Waals surface area (Å²) in [7, 11) is 0. The van der Waals surface area contributed by atoms with Crippen LogP contribution in [0, 0.1) is 0 Å². The number of ether oxygens (including phenoxy) is 4. The summed E-state index contributed by atoms with van der Waals surface area (Å²) < 4.78 is 22.4. The summed E-state index contributed by atoms with van der Waals surface area (Å²) in [6.07, 6.45) is 1.48. The Bertz CT molecular complexity index is 1260. The minimum Gasteiger partial charge on any atom is -0.490 e. The van der Waals surface area contributed by atoms with Crippen molar-refractivity contribution < 1.29 is 28.5 Å². The number of hydrogen-bond acceptors (Lipinski definition) is 7. The van der Waals surface area contributed by atoms with E-state index in [0.717, 1.165) is 0 Å². The number of carbonyl (C=O) groups excluding carboxylic acids is 2. The van der Waals surface area contributed by atoms with Crippen molar-refractivity contribution >= 4 is 35.3 Å². The molecule has 3 aromatic carbocycles. The minimum atomic E-state index is -0.401. The lowest BCUT2D eigenvalue weighted by Gasteiger charge is -2.13. The lowest BCUT2D eigenvalue weighted by Crippen LogP contribution is -2.20. The third kappa shape index (κ3) is 8.41. The van der Waals surface area contributed by atoms with Crippen molar-refractivity contribution in [3.05, 3.63) is 76.8 Å². The van der Waals surface area contributed by atoms with Crippen molar-refractivity contribution in [1.82, 2.24) is 5.43 Å². The molecule has 0 heterocycles. The van der Waals surface area contributed by atoms with Crippen LogP contribution in [0.1, 0.15) is 36.7 Å². The maximum atomic E-state index is 12.6. The van der Waals surface area contributed by atoms with Crippen molar-refractivity contribution in [2.45, 2.75) is 20.8 Å². The quantitative estimate of drug-likeness (QED) is 0.225. The Labute approximate surface area is 226 Å². The van der Waals surface area contributed by atoms with Crippen LogP contribution in [-0.2, 0) is 4.79 Å². The van der Waals surface area contributed by atoms with E-state index in [9.17, 15) is 9.59 Å². The molecule has 0 atom stereocenters. The van der Waals surface area contributed by atoms with E-state index in [2.05, 4.69) is 15.8 Å². The second-order valence-corrected chi connectivity index (χ2v) is 8.15. The van der Waals surface area contributed by atoms with E-state index < -0.39 is 5.91 Å². The molecule has 0 fully saturated rings. The molecule has 9 nitrogen and oxygen atoms in total. The molecule has 0 unspecified atom stereocenters. The monoisotopic (exact) mass is 539 g/mol. The standard InChI is InChI=1S/C28H30ClN3O6/c1-4-35-23-14-8-20(16-26(23)37-6-3)28(34)32-30-17-19-7-13-24(25(15-19)36-5-2)38-18-27(33)31-22-11-9-21(29)10-12-22/h7-17H,4-6,18H2,1-3H3,(H,31,33)(H,32,34)/b30-17+. The predicted molar refractivity (Wildman–Crippen MR) is 147 cm³/mol. The fraction of sp³-hybridized carbons (Fsp3) is 0.250. The average molecular weight is 540 g/mol.